The average molecular weight is 315 g/mol. The van der Waals surface area contributed by atoms with Crippen molar-refractivity contribution in [3.05, 3.63) is 12.7 Å². The normalized spacial score (nSPS) is 10.3. The van der Waals surface area contributed by atoms with Gasteiger partial charge in [-0.15, -0.1) is 11.1 Å². The number of carbonyl (C=O) groups excluding carboxylic acids is 1. The SMILES string of the molecule is C=CC(=O)OCCC[SiH2]OCC.CO[SiH](Cl)OC. The summed E-state index contributed by atoms with van der Waals surface area (Å²) in [5, 5.41) is 0. The molecule has 0 unspecified atom stereocenters. The van der Waals surface area contributed by atoms with Gasteiger partial charge in [0.05, 0.1) is 6.61 Å². The summed E-state index contributed by atoms with van der Waals surface area (Å²) in [6, 6.07) is 1.07. The number of rotatable bonds is 9. The van der Waals surface area contributed by atoms with Gasteiger partial charge in [-0.3, -0.25) is 0 Å². The predicted octanol–water partition coefficient (Wildman–Crippen LogP) is 0.879. The van der Waals surface area contributed by atoms with Crippen LogP contribution in [-0.2, 0) is 22.8 Å². The van der Waals surface area contributed by atoms with Crippen molar-refractivity contribution < 1.29 is 22.8 Å². The highest BCUT2D eigenvalue weighted by Crippen LogP contribution is 1.91. The molecular weight excluding hydrogens is 292 g/mol. The minimum atomic E-state index is -1.69. The van der Waals surface area contributed by atoms with Gasteiger partial charge in [0, 0.05) is 26.9 Å². The van der Waals surface area contributed by atoms with Gasteiger partial charge in [-0.1, -0.05) is 6.58 Å². The first kappa shape index (κ1) is 20.1. The summed E-state index contributed by atoms with van der Waals surface area (Å²) < 4.78 is 19.2. The minimum absolute atomic E-state index is 0.340. The average Bonchev–Trinajstić information content (AvgIpc) is 2.42. The molecule has 8 heteroatoms. The van der Waals surface area contributed by atoms with Crippen molar-refractivity contribution in [2.24, 2.45) is 0 Å². The lowest BCUT2D eigenvalue weighted by atomic mass is 10.5. The molecule has 108 valence electrons. The molecule has 0 aliphatic rings. The van der Waals surface area contributed by atoms with Gasteiger partial charge in [0.2, 0.25) is 0 Å². The number of carbonyl (C=O) groups is 1. The summed E-state index contributed by atoms with van der Waals surface area (Å²) in [6.45, 7) is 6.58. The molecule has 0 saturated carbocycles. The van der Waals surface area contributed by atoms with Gasteiger partial charge in [0.15, 0.2) is 9.76 Å². The second-order valence-electron chi connectivity index (χ2n) is 3.02. The maximum Gasteiger partial charge on any atom is 0.426 e. The first-order valence-electron chi connectivity index (χ1n) is 5.68. The van der Waals surface area contributed by atoms with Crippen molar-refractivity contribution in [1.29, 1.82) is 0 Å². The van der Waals surface area contributed by atoms with Crippen LogP contribution in [0.3, 0.4) is 0 Å². The Balaban J connectivity index is 0. The molecule has 0 aromatic heterocycles. The zero-order valence-corrected chi connectivity index (χ0v) is 14.6. The molecule has 0 fully saturated rings. The molecule has 18 heavy (non-hydrogen) atoms. The van der Waals surface area contributed by atoms with Crippen molar-refractivity contribution in [2.75, 3.05) is 27.4 Å². The van der Waals surface area contributed by atoms with Crippen LogP contribution >= 0.6 is 11.1 Å². The van der Waals surface area contributed by atoms with Crippen LogP contribution < -0.4 is 0 Å². The van der Waals surface area contributed by atoms with E-state index in [0.29, 0.717) is 6.61 Å². The molecular formula is C10H23ClO5Si2. The Kier molecular flexibility index (Phi) is 18.8. The van der Waals surface area contributed by atoms with Gasteiger partial charge in [0.25, 0.3) is 0 Å². The highest BCUT2D eigenvalue weighted by molar-refractivity contribution is 6.99. The van der Waals surface area contributed by atoms with Crippen LogP contribution in [0.1, 0.15) is 13.3 Å². The highest BCUT2D eigenvalue weighted by atomic mass is 35.6. The molecule has 0 saturated heterocycles. The maximum absolute atomic E-state index is 10.5. The number of halogens is 1. The van der Waals surface area contributed by atoms with Crippen LogP contribution in [0.4, 0.5) is 0 Å². The van der Waals surface area contributed by atoms with Crippen molar-refractivity contribution in [3.8, 4) is 0 Å². The molecule has 0 bridgehead atoms. The molecule has 0 atom stereocenters. The van der Waals surface area contributed by atoms with Crippen molar-refractivity contribution in [1.82, 2.24) is 0 Å². The Morgan fingerprint density at radius 3 is 2.44 bits per heavy atom. The van der Waals surface area contributed by atoms with Gasteiger partial charge in [-0.25, -0.2) is 4.79 Å². The first-order chi connectivity index (χ1) is 8.62. The number of hydrogen-bond acceptors (Lipinski definition) is 5. The third kappa shape index (κ3) is 18.2. The molecule has 0 amide bonds. The minimum Gasteiger partial charge on any atom is -0.463 e. The van der Waals surface area contributed by atoms with Crippen LogP contribution in [0, 0.1) is 0 Å². The second kappa shape index (κ2) is 16.8. The lowest BCUT2D eigenvalue weighted by Gasteiger charge is -2.01. The largest absolute Gasteiger partial charge is 0.463 e. The molecule has 0 aliphatic carbocycles. The Hall–Kier alpha value is -0.186. The summed E-state index contributed by atoms with van der Waals surface area (Å²) in [7, 11) is 1.02. The quantitative estimate of drug-likeness (QED) is 0.208. The first-order valence-corrected chi connectivity index (χ1v) is 9.95. The fourth-order valence-electron chi connectivity index (χ4n) is 0.778. The van der Waals surface area contributed by atoms with Gasteiger partial charge in [0.1, 0.15) is 0 Å². The number of ether oxygens (including phenoxy) is 1. The zero-order chi connectivity index (χ0) is 14.2. The molecule has 0 heterocycles. The Morgan fingerprint density at radius 1 is 1.44 bits per heavy atom. The van der Waals surface area contributed by atoms with Crippen molar-refractivity contribution >= 4 is 35.4 Å². The topological polar surface area (TPSA) is 54.0 Å². The molecule has 0 aromatic rings. The molecule has 0 radical (unpaired) electrons. The summed E-state index contributed by atoms with van der Waals surface area (Å²) in [5.41, 5.74) is 0. The molecule has 0 aromatic carbocycles. The molecule has 0 spiro atoms. The fourth-order valence-corrected chi connectivity index (χ4v) is 1.87. The standard InChI is InChI=1S/C8H16O3Si.C2H7ClO2Si/c1-3-8(9)10-6-5-7-12-11-4-2;1-4-6(3)5-2/h3H,1,4-7,12H2,2H3;6H,1-2H3. The third-order valence-electron chi connectivity index (χ3n) is 1.67. The van der Waals surface area contributed by atoms with E-state index < -0.39 is 8.59 Å². The van der Waals surface area contributed by atoms with E-state index in [9.17, 15) is 4.79 Å². The van der Waals surface area contributed by atoms with E-state index in [2.05, 4.69) is 15.4 Å². The van der Waals surface area contributed by atoms with Crippen molar-refractivity contribution in [2.45, 2.75) is 19.4 Å². The van der Waals surface area contributed by atoms with Gasteiger partial charge in [-0.2, -0.15) is 0 Å². The van der Waals surface area contributed by atoms with Crippen LogP contribution in [0.15, 0.2) is 12.7 Å². The monoisotopic (exact) mass is 314 g/mol. The molecule has 5 nitrogen and oxygen atoms in total. The van der Waals surface area contributed by atoms with Crippen LogP contribution in [0.2, 0.25) is 6.04 Å². The Morgan fingerprint density at radius 2 is 2.06 bits per heavy atom. The van der Waals surface area contributed by atoms with E-state index in [4.69, 9.17) is 20.2 Å². The molecule has 0 N–H and O–H groups in total. The fraction of sp³-hybridized carbons (Fsp3) is 0.700. The summed E-state index contributed by atoms with van der Waals surface area (Å²) in [6.07, 6.45) is 2.09. The van der Waals surface area contributed by atoms with E-state index in [1.165, 1.54) is 20.3 Å². The summed E-state index contributed by atoms with van der Waals surface area (Å²) in [4.78, 5) is 10.5. The molecule has 0 rings (SSSR count). The lowest BCUT2D eigenvalue weighted by molar-refractivity contribution is -0.137. The van der Waals surface area contributed by atoms with Gasteiger partial charge >= 0.3 is 14.6 Å². The second-order valence-corrected chi connectivity index (χ2v) is 7.11. The van der Waals surface area contributed by atoms with Crippen LogP contribution in [0.5, 0.6) is 0 Å². The summed E-state index contributed by atoms with van der Waals surface area (Å²) >= 11 is 5.34. The Labute approximate surface area is 118 Å². The van der Waals surface area contributed by atoms with Crippen LogP contribution in [0.25, 0.3) is 0 Å². The predicted molar refractivity (Wildman–Crippen MR) is 77.8 cm³/mol. The third-order valence-corrected chi connectivity index (χ3v) is 4.96. The van der Waals surface area contributed by atoms with Gasteiger partial charge in [-0.05, 0) is 19.4 Å². The summed E-state index contributed by atoms with van der Waals surface area (Å²) in [5.74, 6) is -0.340. The number of hydrogen-bond donors (Lipinski definition) is 0. The van der Waals surface area contributed by atoms with E-state index in [1.807, 2.05) is 6.92 Å². The molecule has 0 aliphatic heterocycles. The lowest BCUT2D eigenvalue weighted by Crippen LogP contribution is -2.09. The number of esters is 1. The zero-order valence-electron chi connectivity index (χ0n) is 11.3. The van der Waals surface area contributed by atoms with E-state index in [0.717, 1.165) is 19.1 Å². The highest BCUT2D eigenvalue weighted by Gasteiger charge is 1.98. The van der Waals surface area contributed by atoms with E-state index >= 15 is 0 Å². The maximum atomic E-state index is 10.5. The Bertz CT molecular complexity index is 203. The smallest absolute Gasteiger partial charge is 0.426 e. The van der Waals surface area contributed by atoms with E-state index in [1.54, 1.807) is 0 Å². The van der Waals surface area contributed by atoms with Crippen molar-refractivity contribution in [3.63, 3.8) is 0 Å². The van der Waals surface area contributed by atoms with Gasteiger partial charge < -0.3 is 18.0 Å². The van der Waals surface area contributed by atoms with Crippen LogP contribution in [-0.4, -0.2) is 51.8 Å². The van der Waals surface area contributed by atoms with E-state index in [-0.39, 0.29) is 15.7 Å².